The Hall–Kier alpha value is -2.02. The standard InChI is InChI=1S/C17H23N3O3S/c1-4-5-16-19-15(20-23-16)11-24(22)13(3)17(21)18-10-14-8-6-12(2)7-9-14/h6-9,13H,4-5,10-11H2,1-3H3,(H,18,21)/t13-,24-/m0/s1. The van der Waals surface area contributed by atoms with Crippen LogP contribution >= 0.6 is 0 Å². The number of rotatable bonds is 8. The third-order valence-electron chi connectivity index (χ3n) is 3.60. The van der Waals surface area contributed by atoms with Gasteiger partial charge in [-0.15, -0.1) is 0 Å². The molecule has 0 aliphatic carbocycles. The smallest absolute Gasteiger partial charge is 0.235 e. The maximum Gasteiger partial charge on any atom is 0.235 e. The van der Waals surface area contributed by atoms with Crippen LogP contribution in [0.3, 0.4) is 0 Å². The average molecular weight is 349 g/mol. The topological polar surface area (TPSA) is 85.1 Å². The first-order chi connectivity index (χ1) is 11.5. The molecule has 130 valence electrons. The lowest BCUT2D eigenvalue weighted by Crippen LogP contribution is -2.35. The van der Waals surface area contributed by atoms with Crippen molar-refractivity contribution >= 4 is 16.7 Å². The van der Waals surface area contributed by atoms with Gasteiger partial charge in [-0.1, -0.05) is 41.9 Å². The molecule has 0 aliphatic heterocycles. The van der Waals surface area contributed by atoms with Gasteiger partial charge in [-0.25, -0.2) is 0 Å². The number of benzene rings is 1. The molecule has 0 aliphatic rings. The molecule has 0 bridgehead atoms. The van der Waals surface area contributed by atoms with Crippen molar-refractivity contribution in [2.45, 2.75) is 51.2 Å². The Bertz CT molecular complexity index is 697. The molecule has 2 aromatic rings. The Balaban J connectivity index is 1.84. The van der Waals surface area contributed by atoms with Crippen molar-refractivity contribution in [3.8, 4) is 0 Å². The number of hydrogen-bond acceptors (Lipinski definition) is 5. The number of nitrogens with one attached hydrogen (secondary N) is 1. The van der Waals surface area contributed by atoms with Crippen molar-refractivity contribution < 1.29 is 13.5 Å². The van der Waals surface area contributed by atoms with Crippen molar-refractivity contribution in [3.63, 3.8) is 0 Å². The molecule has 0 fully saturated rings. The van der Waals surface area contributed by atoms with E-state index in [-0.39, 0.29) is 11.7 Å². The first kappa shape index (κ1) is 18.3. The predicted molar refractivity (Wildman–Crippen MR) is 92.6 cm³/mol. The molecule has 7 heteroatoms. The lowest BCUT2D eigenvalue weighted by molar-refractivity contribution is -0.120. The van der Waals surface area contributed by atoms with E-state index in [1.165, 1.54) is 5.56 Å². The zero-order valence-corrected chi connectivity index (χ0v) is 15.1. The predicted octanol–water partition coefficient (Wildman–Crippen LogP) is 2.28. The summed E-state index contributed by atoms with van der Waals surface area (Å²) in [4.78, 5) is 16.3. The van der Waals surface area contributed by atoms with Crippen LogP contribution in [0.4, 0.5) is 0 Å². The number of nitrogens with zero attached hydrogens (tertiary/aromatic N) is 2. The summed E-state index contributed by atoms with van der Waals surface area (Å²) >= 11 is 0. The van der Waals surface area contributed by atoms with Gasteiger partial charge in [0.1, 0.15) is 5.25 Å². The van der Waals surface area contributed by atoms with E-state index in [9.17, 15) is 9.00 Å². The zero-order chi connectivity index (χ0) is 17.5. The number of aromatic nitrogens is 2. The maximum atomic E-state index is 12.3. The molecule has 0 radical (unpaired) electrons. The third-order valence-corrected chi connectivity index (χ3v) is 5.14. The highest BCUT2D eigenvalue weighted by Crippen LogP contribution is 2.08. The molecule has 1 amide bonds. The molecular formula is C17H23N3O3S. The van der Waals surface area contributed by atoms with E-state index in [0.29, 0.717) is 24.7 Å². The molecular weight excluding hydrogens is 326 g/mol. The number of aryl methyl sites for hydroxylation is 2. The van der Waals surface area contributed by atoms with Crippen LogP contribution in [0.25, 0.3) is 0 Å². The highest BCUT2D eigenvalue weighted by atomic mass is 32.2. The fraction of sp³-hybridized carbons (Fsp3) is 0.471. The van der Waals surface area contributed by atoms with Gasteiger partial charge in [0, 0.05) is 23.8 Å². The van der Waals surface area contributed by atoms with Gasteiger partial charge in [0.15, 0.2) is 5.82 Å². The van der Waals surface area contributed by atoms with Gasteiger partial charge in [0.25, 0.3) is 0 Å². The number of amides is 1. The summed E-state index contributed by atoms with van der Waals surface area (Å²) in [6.07, 6.45) is 1.61. The van der Waals surface area contributed by atoms with Crippen LogP contribution < -0.4 is 5.32 Å². The van der Waals surface area contributed by atoms with Crippen LogP contribution in [0.1, 0.15) is 43.1 Å². The van der Waals surface area contributed by atoms with Gasteiger partial charge in [0.05, 0.1) is 5.75 Å². The van der Waals surface area contributed by atoms with E-state index in [1.54, 1.807) is 6.92 Å². The van der Waals surface area contributed by atoms with E-state index in [2.05, 4.69) is 15.5 Å². The fourth-order valence-electron chi connectivity index (χ4n) is 2.07. The molecule has 0 spiro atoms. The van der Waals surface area contributed by atoms with Crippen molar-refractivity contribution in [1.82, 2.24) is 15.5 Å². The summed E-state index contributed by atoms with van der Waals surface area (Å²) in [5, 5.41) is 5.99. The van der Waals surface area contributed by atoms with Gasteiger partial charge in [-0.2, -0.15) is 4.98 Å². The Labute approximate surface area is 144 Å². The van der Waals surface area contributed by atoms with Gasteiger partial charge in [0.2, 0.25) is 11.8 Å². The van der Waals surface area contributed by atoms with Crippen LogP contribution in [0.2, 0.25) is 0 Å². The number of carbonyl (C=O) groups is 1. The monoisotopic (exact) mass is 349 g/mol. The Morgan fingerprint density at radius 1 is 1.33 bits per heavy atom. The second kappa shape index (κ2) is 8.73. The van der Waals surface area contributed by atoms with Crippen LogP contribution in [-0.2, 0) is 34.3 Å². The normalized spacial score (nSPS) is 13.5. The largest absolute Gasteiger partial charge is 0.351 e. The van der Waals surface area contributed by atoms with E-state index in [4.69, 9.17) is 4.52 Å². The van der Waals surface area contributed by atoms with Crippen LogP contribution in [-0.4, -0.2) is 25.5 Å². The second-order valence-corrected chi connectivity index (χ2v) is 7.48. The van der Waals surface area contributed by atoms with Gasteiger partial charge in [-0.3, -0.25) is 9.00 Å². The van der Waals surface area contributed by atoms with E-state index in [1.807, 2.05) is 38.1 Å². The number of carbonyl (C=O) groups excluding carboxylic acids is 1. The first-order valence-corrected chi connectivity index (χ1v) is 9.39. The summed E-state index contributed by atoms with van der Waals surface area (Å²) in [7, 11) is -1.40. The molecule has 2 atom stereocenters. The first-order valence-electron chi connectivity index (χ1n) is 8.01. The number of hydrogen-bond donors (Lipinski definition) is 1. The molecule has 1 aromatic carbocycles. The van der Waals surface area contributed by atoms with Crippen LogP contribution in [0, 0.1) is 6.92 Å². The summed E-state index contributed by atoms with van der Waals surface area (Å²) in [5.74, 6) is 0.800. The van der Waals surface area contributed by atoms with E-state index >= 15 is 0 Å². The maximum absolute atomic E-state index is 12.3. The Morgan fingerprint density at radius 2 is 2.04 bits per heavy atom. The van der Waals surface area contributed by atoms with Gasteiger partial charge in [-0.05, 0) is 25.8 Å². The molecule has 6 nitrogen and oxygen atoms in total. The van der Waals surface area contributed by atoms with Crippen molar-refractivity contribution in [2.75, 3.05) is 0 Å². The molecule has 24 heavy (non-hydrogen) atoms. The second-order valence-electron chi connectivity index (χ2n) is 5.73. The van der Waals surface area contributed by atoms with Crippen molar-refractivity contribution in [1.29, 1.82) is 0 Å². The molecule has 0 unspecified atom stereocenters. The summed E-state index contributed by atoms with van der Waals surface area (Å²) in [5.41, 5.74) is 2.18. The van der Waals surface area contributed by atoms with Crippen LogP contribution in [0.5, 0.6) is 0 Å². The summed E-state index contributed by atoms with van der Waals surface area (Å²) in [6.45, 7) is 6.09. The SMILES string of the molecule is CCCc1nc(C[S@](=O)[C@@H](C)C(=O)NCc2ccc(C)cc2)no1. The Morgan fingerprint density at radius 3 is 2.71 bits per heavy atom. The lowest BCUT2D eigenvalue weighted by atomic mass is 10.1. The van der Waals surface area contributed by atoms with Crippen molar-refractivity contribution in [2.24, 2.45) is 0 Å². The highest BCUT2D eigenvalue weighted by molar-refractivity contribution is 7.85. The quantitative estimate of drug-likeness (QED) is 0.790. The van der Waals surface area contributed by atoms with Gasteiger partial charge >= 0.3 is 0 Å². The lowest BCUT2D eigenvalue weighted by Gasteiger charge is -2.11. The fourth-order valence-corrected chi connectivity index (χ4v) is 3.02. The summed E-state index contributed by atoms with van der Waals surface area (Å²) in [6, 6.07) is 7.91. The summed E-state index contributed by atoms with van der Waals surface area (Å²) < 4.78 is 17.4. The Kier molecular flexibility index (Phi) is 6.66. The highest BCUT2D eigenvalue weighted by Gasteiger charge is 2.21. The van der Waals surface area contributed by atoms with E-state index < -0.39 is 16.0 Å². The molecule has 1 aromatic heterocycles. The zero-order valence-electron chi connectivity index (χ0n) is 14.2. The van der Waals surface area contributed by atoms with Crippen LogP contribution in [0.15, 0.2) is 28.8 Å². The molecule has 1 N–H and O–H groups in total. The molecule has 1 heterocycles. The molecule has 0 saturated heterocycles. The van der Waals surface area contributed by atoms with Gasteiger partial charge < -0.3 is 9.84 Å². The average Bonchev–Trinajstić information content (AvgIpc) is 3.00. The van der Waals surface area contributed by atoms with Crippen molar-refractivity contribution in [3.05, 3.63) is 47.1 Å². The van der Waals surface area contributed by atoms with E-state index in [0.717, 1.165) is 12.0 Å². The third kappa shape index (κ3) is 5.26. The minimum atomic E-state index is -1.40. The molecule has 0 saturated carbocycles. The minimum absolute atomic E-state index is 0.117. The molecule has 2 rings (SSSR count). The minimum Gasteiger partial charge on any atom is -0.351 e.